The van der Waals surface area contributed by atoms with E-state index >= 15 is 0 Å². The van der Waals surface area contributed by atoms with Crippen LogP contribution in [0.15, 0.2) is 0 Å². The lowest BCUT2D eigenvalue weighted by Crippen LogP contribution is -2.46. The van der Waals surface area contributed by atoms with Crippen LogP contribution in [0.2, 0.25) is 0 Å². The molecule has 0 aliphatic heterocycles. The zero-order valence-electron chi connectivity index (χ0n) is 62.7. The maximum atomic E-state index is 14.2. The summed E-state index contributed by atoms with van der Waals surface area (Å²) in [6.07, 6.45) is 5.80. The zero-order chi connectivity index (χ0) is 73.6. The summed E-state index contributed by atoms with van der Waals surface area (Å²) in [6, 6.07) is -0.844. The number of hydrogen-bond acceptors (Lipinski definition) is 15. The number of nitrogens with one attached hydrogen (secondary N) is 1. The van der Waals surface area contributed by atoms with E-state index in [9.17, 15) is 52.7 Å². The molecule has 97 heavy (non-hydrogen) atoms. The van der Waals surface area contributed by atoms with Crippen molar-refractivity contribution in [2.45, 2.75) is 212 Å². The lowest BCUT2D eigenvalue weighted by molar-refractivity contribution is -0.139. The van der Waals surface area contributed by atoms with E-state index in [2.05, 4.69) is 5.32 Å². The summed E-state index contributed by atoms with van der Waals surface area (Å²) in [4.78, 5) is 165. The largest absolute Gasteiger partial charge is 0.368 e. The number of rotatable bonds is 57. The molecule has 26 heteroatoms. The Labute approximate surface area is 584 Å². The summed E-state index contributed by atoms with van der Waals surface area (Å²) >= 11 is 0. The molecule has 0 aliphatic carbocycles. The molecule has 11 amide bonds. The van der Waals surface area contributed by atoms with Crippen molar-refractivity contribution in [3.8, 4) is 0 Å². The predicted octanol–water partition coefficient (Wildman–Crippen LogP) is 4.23. The normalized spacial score (nSPS) is 11.7. The van der Waals surface area contributed by atoms with Crippen molar-refractivity contribution in [1.29, 1.82) is 0 Å². The van der Waals surface area contributed by atoms with E-state index in [1.807, 2.05) is 83.1 Å². The van der Waals surface area contributed by atoms with Gasteiger partial charge in [-0.3, -0.25) is 52.7 Å². The van der Waals surface area contributed by atoms with Gasteiger partial charge in [0, 0.05) is 183 Å². The van der Waals surface area contributed by atoms with E-state index in [1.54, 1.807) is 44.1 Å². The second-order valence-electron chi connectivity index (χ2n) is 28.7. The van der Waals surface area contributed by atoms with E-state index in [-0.39, 0.29) is 199 Å². The van der Waals surface area contributed by atoms with Crippen LogP contribution in [0.25, 0.3) is 0 Å². The Balaban J connectivity index is 6.21. The van der Waals surface area contributed by atoms with Crippen molar-refractivity contribution in [3.05, 3.63) is 0 Å². The van der Waals surface area contributed by atoms with Gasteiger partial charge in [-0.1, -0.05) is 83.1 Å². The first-order valence-corrected chi connectivity index (χ1v) is 36.7. The van der Waals surface area contributed by atoms with Crippen LogP contribution >= 0.6 is 0 Å². The maximum absolute atomic E-state index is 14.2. The van der Waals surface area contributed by atoms with Crippen molar-refractivity contribution >= 4 is 65.0 Å². The van der Waals surface area contributed by atoms with E-state index in [1.165, 1.54) is 6.92 Å². The molecular weight excluding hydrogens is 1240 g/mol. The number of hydrogen-bond donors (Lipinski definition) is 6. The van der Waals surface area contributed by atoms with Gasteiger partial charge in [-0.25, -0.2) is 0 Å². The monoisotopic (exact) mass is 1380 g/mol. The number of primary amides is 1. The molecule has 0 radical (unpaired) electrons. The van der Waals surface area contributed by atoms with Gasteiger partial charge in [-0.05, 0) is 119 Å². The van der Waals surface area contributed by atoms with Gasteiger partial charge in [0.05, 0.1) is 0 Å². The van der Waals surface area contributed by atoms with Crippen molar-refractivity contribution in [3.63, 3.8) is 0 Å². The maximum Gasteiger partial charge on any atom is 0.239 e. The molecular formula is C71H137N15O11. The van der Waals surface area contributed by atoms with Crippen LogP contribution in [0, 0.1) is 35.5 Å². The second kappa shape index (κ2) is 53.0. The van der Waals surface area contributed by atoms with Crippen LogP contribution in [-0.2, 0) is 52.7 Å². The van der Waals surface area contributed by atoms with Crippen molar-refractivity contribution in [2.75, 3.05) is 144 Å². The molecule has 0 heterocycles. The van der Waals surface area contributed by atoms with E-state index in [0.29, 0.717) is 149 Å². The fourth-order valence-corrected chi connectivity index (χ4v) is 11.4. The van der Waals surface area contributed by atoms with Crippen LogP contribution < -0.4 is 34.0 Å². The summed E-state index contributed by atoms with van der Waals surface area (Å²) < 4.78 is 0. The summed E-state index contributed by atoms with van der Waals surface area (Å²) in [5.41, 5.74) is 28.6. The molecule has 0 saturated heterocycles. The van der Waals surface area contributed by atoms with Crippen molar-refractivity contribution < 1.29 is 52.7 Å². The van der Waals surface area contributed by atoms with Gasteiger partial charge in [-0.15, -0.1) is 0 Å². The number of carbonyl (C=O) groups excluding carboxylic acids is 11. The van der Waals surface area contributed by atoms with Crippen LogP contribution in [0.5, 0.6) is 0 Å². The molecule has 26 nitrogen and oxygen atoms in total. The van der Waals surface area contributed by atoms with Crippen molar-refractivity contribution in [2.24, 2.45) is 64.2 Å². The molecule has 0 aromatic heterocycles. The highest BCUT2D eigenvalue weighted by Crippen LogP contribution is 2.15. The highest BCUT2D eigenvalue weighted by Gasteiger charge is 2.28. The summed E-state index contributed by atoms with van der Waals surface area (Å²) in [7, 11) is 0. The summed E-state index contributed by atoms with van der Waals surface area (Å²) in [5.74, 6) is -2.05. The van der Waals surface area contributed by atoms with E-state index in [0.717, 1.165) is 0 Å². The van der Waals surface area contributed by atoms with Gasteiger partial charge in [0.1, 0.15) is 6.04 Å². The Hall–Kier alpha value is -5.99. The third-order valence-electron chi connectivity index (χ3n) is 16.4. The number of unbranched alkanes of at least 4 members (excludes halogenated alkanes) is 4. The minimum atomic E-state index is -0.844. The minimum Gasteiger partial charge on any atom is -0.368 e. The fraction of sp³-hybridized carbons (Fsp3) is 0.845. The average Bonchev–Trinajstić information content (AvgIpc) is 1.54. The highest BCUT2D eigenvalue weighted by molar-refractivity contribution is 5.87. The number of carbonyl (C=O) groups is 11. The molecule has 11 N–H and O–H groups in total. The standard InChI is InChI=1S/C71H137N15O11/c1-54(2)48-81(60(13)87)42-26-68(94)82(49-55(3)4)44-28-64(90)79(37-20-17-34-74)40-24-66(92)86(53-59(11)12)47-31-70(96)84(51-57(7)8)45-29-65(91)80(38-21-18-35-75)41-25-67(93)85(52-58(9)10)46-30-69(95)83(50-56(5)6)43-27-63(89)78(36-19-16-33-73)39-23-62(88)77-61(71(76)97)22-14-15-32-72/h54-59,61H,14-53,72-75H2,1-13H3,(H2,76,97)(H,77,88)/t61-/m0/s1. The second-order valence-corrected chi connectivity index (χ2v) is 28.7. The molecule has 0 saturated carbocycles. The summed E-state index contributed by atoms with van der Waals surface area (Å²) in [6.45, 7) is 32.3. The van der Waals surface area contributed by atoms with Crippen LogP contribution in [0.1, 0.15) is 206 Å². The molecule has 0 aromatic carbocycles. The van der Waals surface area contributed by atoms with Gasteiger partial charge in [-0.2, -0.15) is 0 Å². The topological polar surface area (TPSA) is 359 Å². The predicted molar refractivity (Wildman–Crippen MR) is 384 cm³/mol. The van der Waals surface area contributed by atoms with E-state index in [4.69, 9.17) is 28.7 Å². The molecule has 0 rings (SSSR count). The van der Waals surface area contributed by atoms with Crippen LogP contribution in [0.3, 0.4) is 0 Å². The van der Waals surface area contributed by atoms with Crippen LogP contribution in [0.4, 0.5) is 0 Å². The molecule has 0 aliphatic rings. The molecule has 0 spiro atoms. The van der Waals surface area contributed by atoms with E-state index < -0.39 is 17.9 Å². The first-order chi connectivity index (χ1) is 45.8. The zero-order valence-corrected chi connectivity index (χ0v) is 62.7. The third kappa shape index (κ3) is 43.2. The van der Waals surface area contributed by atoms with Gasteiger partial charge >= 0.3 is 0 Å². The number of nitrogens with zero attached hydrogens (tertiary/aromatic N) is 9. The van der Waals surface area contributed by atoms with Crippen molar-refractivity contribution in [1.82, 2.24) is 49.4 Å². The lowest BCUT2D eigenvalue weighted by Gasteiger charge is -2.31. The Kier molecular flexibility index (Phi) is 49.7. The average molecular weight is 1380 g/mol. The smallest absolute Gasteiger partial charge is 0.239 e. The molecule has 0 fully saturated rings. The Morgan fingerprint density at radius 1 is 0.278 bits per heavy atom. The molecule has 1 atom stereocenters. The highest BCUT2D eigenvalue weighted by atomic mass is 16.2. The molecule has 0 unspecified atom stereocenters. The third-order valence-corrected chi connectivity index (χ3v) is 16.4. The first-order valence-electron chi connectivity index (χ1n) is 36.7. The summed E-state index contributed by atoms with van der Waals surface area (Å²) in [5, 5.41) is 2.69. The van der Waals surface area contributed by atoms with Gasteiger partial charge in [0.2, 0.25) is 65.0 Å². The van der Waals surface area contributed by atoms with Gasteiger partial charge < -0.3 is 78.1 Å². The van der Waals surface area contributed by atoms with Gasteiger partial charge in [0.15, 0.2) is 0 Å². The minimum absolute atomic E-state index is 0.00269. The fourth-order valence-electron chi connectivity index (χ4n) is 11.4. The SMILES string of the molecule is CC(=O)N(CCC(=O)N(CCC(=O)N(CCCCN)CCC(=O)N(CCC(=O)N(CCC(=O)N(CCCCN)CCC(=O)N(CCC(=O)N(CCC(=O)N(CCCCN)CCC(=O)N[C@@H](CCCCN)C(N)=O)CC(C)C)CC(C)C)CC(C)C)CC(C)C)CC(C)C)CC(C)C. The van der Waals surface area contributed by atoms with Gasteiger partial charge in [0.25, 0.3) is 0 Å². The Bertz CT molecular complexity index is 2310. The quantitative estimate of drug-likeness (QED) is 0.0464. The lowest BCUT2D eigenvalue weighted by atomic mass is 10.1. The number of nitrogens with two attached hydrogens (primary N) is 5. The first kappa shape index (κ1) is 91.0. The molecule has 0 aromatic rings. The number of amides is 11. The molecule has 562 valence electrons. The molecule has 0 bridgehead atoms. The Morgan fingerprint density at radius 3 is 0.711 bits per heavy atom. The Morgan fingerprint density at radius 2 is 0.485 bits per heavy atom. The van der Waals surface area contributed by atoms with Crippen LogP contribution in [-0.4, -0.2) is 259 Å².